The Morgan fingerprint density at radius 1 is 0.294 bits per heavy atom. The molecule has 8 aromatic rings. The van der Waals surface area contributed by atoms with E-state index in [2.05, 4.69) is 196 Å². The van der Waals surface area contributed by atoms with Crippen LogP contribution in [-0.4, -0.2) is 0 Å². The molecule has 0 aromatic heterocycles. The summed E-state index contributed by atoms with van der Waals surface area (Å²) in [4.78, 5) is 0. The molecule has 8 aromatic carbocycles. The number of hydrogen-bond donors (Lipinski definition) is 0. The van der Waals surface area contributed by atoms with Crippen molar-refractivity contribution in [3.05, 3.63) is 289 Å². The smallest absolute Gasteiger partial charge is 1.00 e. The third kappa shape index (κ3) is 10.8. The molecule has 4 atom stereocenters. The molecule has 4 aliphatic rings. The van der Waals surface area contributed by atoms with Crippen LogP contribution in [0.15, 0.2) is 220 Å². The summed E-state index contributed by atoms with van der Waals surface area (Å²) in [6, 6.07) is 73.1. The van der Waals surface area contributed by atoms with Crippen LogP contribution >= 0.6 is 0 Å². The first kappa shape index (κ1) is 54.0. The van der Waals surface area contributed by atoms with Gasteiger partial charge in [0.25, 0.3) is 0 Å². The van der Waals surface area contributed by atoms with E-state index in [1.807, 2.05) is 48.6 Å². The third-order valence-electron chi connectivity index (χ3n) is 13.1. The van der Waals surface area contributed by atoms with Gasteiger partial charge in [-0.25, -0.2) is 0 Å². The zero-order chi connectivity index (χ0) is 43.8. The maximum Gasteiger partial charge on any atom is 2.00 e. The fraction of sp³-hybridized carbons (Fsp3) is 0.125. The molecule has 0 bridgehead atoms. The third-order valence-corrected chi connectivity index (χ3v) is 13.1. The molecule has 0 nitrogen and oxygen atoms in total. The van der Waals surface area contributed by atoms with Crippen LogP contribution in [0.2, 0.25) is 0 Å². The number of allylic oxidation sites excluding steroid dienone is 4. The topological polar surface area (TPSA) is 0 Å². The van der Waals surface area contributed by atoms with Crippen molar-refractivity contribution in [3.63, 3.8) is 0 Å². The van der Waals surface area contributed by atoms with Crippen LogP contribution < -0.4 is 24.8 Å². The summed E-state index contributed by atoms with van der Waals surface area (Å²) in [6.07, 6.45) is 12.0. The fourth-order valence-corrected chi connectivity index (χ4v) is 10.3. The van der Waals surface area contributed by atoms with Gasteiger partial charge in [0.15, 0.2) is 0 Å². The Morgan fingerprint density at radius 2 is 0.485 bits per heavy atom. The van der Waals surface area contributed by atoms with Crippen molar-refractivity contribution in [1.82, 2.24) is 0 Å². The van der Waals surface area contributed by atoms with E-state index in [-0.39, 0.29) is 77.2 Å². The molecular weight excluding hydrogens is 1020 g/mol. The van der Waals surface area contributed by atoms with E-state index < -0.39 is 0 Å². The zero-order valence-corrected chi connectivity index (χ0v) is 44.6. The van der Waals surface area contributed by atoms with E-state index in [0.29, 0.717) is 23.7 Å². The van der Waals surface area contributed by atoms with Crippen molar-refractivity contribution in [2.45, 2.75) is 49.4 Å². The molecule has 0 saturated carbocycles. The van der Waals surface area contributed by atoms with Crippen LogP contribution in [-0.2, 0) is 52.4 Å². The number of rotatable bonds is 8. The average molecular weight is 1070 g/mol. The summed E-state index contributed by atoms with van der Waals surface area (Å²) >= 11 is 0. The molecular formula is C64H52Cl2Zr2-2. The SMILES string of the molecule is C=CCC1c2[c-]cccc2-c2ccccc21.C=CCC1c2[c-]cccc2-c2ccccc21.C=CCC1c2[c-]cccc2-c2ccccc21.C=CCC1c2[c-]cccc2-c2ccccc21.[Cl-].[Cl-].[Zr+2].[Zr+2]. The molecule has 4 aliphatic carbocycles. The molecule has 0 radical (unpaired) electrons. The summed E-state index contributed by atoms with van der Waals surface area (Å²) in [7, 11) is 0. The summed E-state index contributed by atoms with van der Waals surface area (Å²) < 4.78 is 0. The monoisotopic (exact) mass is 1070 g/mol. The van der Waals surface area contributed by atoms with Gasteiger partial charge < -0.3 is 24.8 Å². The summed E-state index contributed by atoms with van der Waals surface area (Å²) in [5.74, 6) is 1.80. The fourth-order valence-electron chi connectivity index (χ4n) is 10.3. The molecule has 0 aliphatic heterocycles. The Hall–Kier alpha value is -4.93. The van der Waals surface area contributed by atoms with E-state index >= 15 is 0 Å². The van der Waals surface area contributed by atoms with Crippen molar-refractivity contribution in [1.29, 1.82) is 0 Å². The summed E-state index contributed by atoms with van der Waals surface area (Å²) in [5.41, 5.74) is 21.8. The van der Waals surface area contributed by atoms with Crippen molar-refractivity contribution in [3.8, 4) is 44.5 Å². The number of benzene rings is 8. The Kier molecular flexibility index (Phi) is 20.3. The minimum Gasteiger partial charge on any atom is -1.00 e. The first-order chi connectivity index (χ1) is 31.7. The molecule has 4 unspecified atom stereocenters. The predicted octanol–water partition coefficient (Wildman–Crippen LogP) is 10.7. The van der Waals surface area contributed by atoms with E-state index in [4.69, 9.17) is 0 Å². The van der Waals surface area contributed by atoms with E-state index in [0.717, 1.165) is 25.7 Å². The van der Waals surface area contributed by atoms with Gasteiger partial charge >= 0.3 is 52.4 Å². The van der Waals surface area contributed by atoms with Gasteiger partial charge in [-0.05, 0) is 71.6 Å². The maximum atomic E-state index is 3.86. The second kappa shape index (κ2) is 25.6. The van der Waals surface area contributed by atoms with E-state index in [9.17, 15) is 0 Å². The summed E-state index contributed by atoms with van der Waals surface area (Å²) in [5, 5.41) is 0. The molecule has 4 heteroatoms. The van der Waals surface area contributed by atoms with Crippen molar-refractivity contribution < 1.29 is 77.2 Å². The Labute approximate surface area is 456 Å². The molecule has 12 rings (SSSR count). The van der Waals surface area contributed by atoms with Crippen LogP contribution in [0.1, 0.15) is 93.9 Å². The van der Waals surface area contributed by atoms with E-state index in [1.54, 1.807) is 0 Å². The predicted molar refractivity (Wildman–Crippen MR) is 269 cm³/mol. The average Bonchev–Trinajstić information content (AvgIpc) is 4.06. The Morgan fingerprint density at radius 3 is 0.691 bits per heavy atom. The van der Waals surface area contributed by atoms with Gasteiger partial charge in [0.1, 0.15) is 0 Å². The normalized spacial score (nSPS) is 15.6. The van der Waals surface area contributed by atoms with Gasteiger partial charge in [0.2, 0.25) is 0 Å². The second-order valence-corrected chi connectivity index (χ2v) is 16.6. The molecule has 0 saturated heterocycles. The molecule has 68 heavy (non-hydrogen) atoms. The van der Waals surface area contributed by atoms with Gasteiger partial charge in [-0.2, -0.15) is 97.1 Å². The number of hydrogen-bond acceptors (Lipinski definition) is 0. The number of halogens is 2. The maximum absolute atomic E-state index is 3.86. The van der Waals surface area contributed by atoms with Crippen LogP contribution in [0.25, 0.3) is 44.5 Å². The standard InChI is InChI=1S/4C16H13.2ClH.2Zr/c4*1-2-7-12-13-8-3-5-10-15(13)16-11-6-4-9-14(12)16;;;;/h4*2-6,8,10-12H,1,7H2;2*1H;;/q4*-1;;;2*+2/p-2. The van der Waals surface area contributed by atoms with Gasteiger partial charge in [-0.3, -0.25) is 0 Å². The Balaban J connectivity index is 0.000000166. The van der Waals surface area contributed by atoms with E-state index in [1.165, 1.54) is 89.0 Å². The Bertz CT molecular complexity index is 2400. The first-order valence-electron chi connectivity index (χ1n) is 22.5. The van der Waals surface area contributed by atoms with Crippen LogP contribution in [0, 0.1) is 24.3 Å². The zero-order valence-electron chi connectivity index (χ0n) is 38.2. The van der Waals surface area contributed by atoms with Crippen LogP contribution in [0.4, 0.5) is 0 Å². The second-order valence-electron chi connectivity index (χ2n) is 16.6. The molecule has 0 heterocycles. The van der Waals surface area contributed by atoms with Crippen LogP contribution in [0.5, 0.6) is 0 Å². The van der Waals surface area contributed by atoms with Gasteiger partial charge in [-0.1, -0.05) is 144 Å². The van der Waals surface area contributed by atoms with Crippen molar-refractivity contribution in [2.75, 3.05) is 0 Å². The molecule has 0 N–H and O–H groups in total. The van der Waals surface area contributed by atoms with Crippen molar-refractivity contribution >= 4 is 0 Å². The molecule has 0 fully saturated rings. The summed E-state index contributed by atoms with van der Waals surface area (Å²) in [6.45, 7) is 15.4. The van der Waals surface area contributed by atoms with Gasteiger partial charge in [-0.15, -0.1) is 70.8 Å². The number of fused-ring (bicyclic) bond motifs is 12. The molecule has 0 amide bonds. The van der Waals surface area contributed by atoms with Gasteiger partial charge in [0.05, 0.1) is 0 Å². The molecule has 332 valence electrons. The van der Waals surface area contributed by atoms with Gasteiger partial charge in [0, 0.05) is 0 Å². The largest absolute Gasteiger partial charge is 2.00 e. The molecule has 0 spiro atoms. The minimum absolute atomic E-state index is 0. The minimum atomic E-state index is 0. The first-order valence-corrected chi connectivity index (χ1v) is 22.5. The van der Waals surface area contributed by atoms with Crippen LogP contribution in [0.3, 0.4) is 0 Å². The van der Waals surface area contributed by atoms with Crippen molar-refractivity contribution in [2.24, 2.45) is 0 Å². The quantitative estimate of drug-likeness (QED) is 0.105.